The minimum Gasteiger partial charge on any atom is -0.381 e. The predicted octanol–water partition coefficient (Wildman–Crippen LogP) is 3.10. The molecule has 0 aliphatic rings. The van der Waals surface area contributed by atoms with Crippen LogP contribution in [0.15, 0.2) is 77.9 Å². The number of nitrogens with one attached hydrogen (secondary N) is 1. The van der Waals surface area contributed by atoms with Gasteiger partial charge in [-0.3, -0.25) is 14.2 Å². The standard InChI is InChI=1S/C28H24N6O3/c1-18(31-27(35)24-25(29)32-33-15-8-14-30-26(24)33)22-17-20-10-6-9-19(11-7-16-37-2)23(20)28(36)34(22)21-12-4-3-5-13-21/h3-6,8-10,12-15,17-18H,16H2,1-2H3,(H2,29,32)(H,31,35)/t18-/m1/s1. The number of carbonyl (C=O) groups is 1. The summed E-state index contributed by atoms with van der Waals surface area (Å²) in [5.41, 5.74) is 8.21. The van der Waals surface area contributed by atoms with Crippen LogP contribution in [-0.2, 0) is 4.74 Å². The van der Waals surface area contributed by atoms with Gasteiger partial charge in [-0.15, -0.1) is 5.10 Å². The fraction of sp³-hybridized carbons (Fsp3) is 0.143. The maximum absolute atomic E-state index is 14.0. The second kappa shape index (κ2) is 9.97. The monoisotopic (exact) mass is 492 g/mol. The second-order valence-corrected chi connectivity index (χ2v) is 8.39. The molecule has 0 aliphatic heterocycles. The zero-order valence-corrected chi connectivity index (χ0v) is 20.3. The summed E-state index contributed by atoms with van der Waals surface area (Å²) >= 11 is 0. The summed E-state index contributed by atoms with van der Waals surface area (Å²) < 4.78 is 8.09. The highest BCUT2D eigenvalue weighted by molar-refractivity contribution is 6.04. The van der Waals surface area contributed by atoms with Gasteiger partial charge in [0.2, 0.25) is 0 Å². The van der Waals surface area contributed by atoms with E-state index < -0.39 is 11.9 Å². The Kier molecular flexibility index (Phi) is 6.41. The molecule has 1 amide bonds. The molecule has 0 fully saturated rings. The number of nitrogens with two attached hydrogens (primary N) is 1. The molecule has 2 aromatic carbocycles. The summed E-state index contributed by atoms with van der Waals surface area (Å²) in [6.45, 7) is 2.07. The van der Waals surface area contributed by atoms with Crippen molar-refractivity contribution >= 4 is 28.1 Å². The Morgan fingerprint density at radius 2 is 1.97 bits per heavy atom. The van der Waals surface area contributed by atoms with E-state index in [1.54, 1.807) is 30.1 Å². The number of ether oxygens (including phenoxy) is 1. The lowest BCUT2D eigenvalue weighted by atomic mass is 10.0. The Labute approximate surface area is 212 Å². The van der Waals surface area contributed by atoms with E-state index in [-0.39, 0.29) is 23.5 Å². The third kappa shape index (κ3) is 4.42. The molecule has 184 valence electrons. The van der Waals surface area contributed by atoms with Crippen LogP contribution in [0.2, 0.25) is 0 Å². The van der Waals surface area contributed by atoms with Crippen molar-refractivity contribution in [3.05, 3.63) is 100 Å². The van der Waals surface area contributed by atoms with Crippen LogP contribution < -0.4 is 16.6 Å². The van der Waals surface area contributed by atoms with Crippen LogP contribution >= 0.6 is 0 Å². The van der Waals surface area contributed by atoms with Gasteiger partial charge in [0, 0.05) is 36.4 Å². The maximum Gasteiger partial charge on any atom is 0.264 e. The molecule has 5 aromatic rings. The van der Waals surface area contributed by atoms with Crippen LogP contribution in [0.1, 0.15) is 34.6 Å². The van der Waals surface area contributed by atoms with E-state index in [9.17, 15) is 9.59 Å². The van der Waals surface area contributed by atoms with E-state index in [1.165, 1.54) is 4.52 Å². The lowest BCUT2D eigenvalue weighted by Crippen LogP contribution is -2.32. The summed E-state index contributed by atoms with van der Waals surface area (Å²) in [5.74, 6) is 5.60. The van der Waals surface area contributed by atoms with Gasteiger partial charge in [0.05, 0.1) is 11.4 Å². The number of fused-ring (bicyclic) bond motifs is 2. The molecule has 5 rings (SSSR count). The van der Waals surface area contributed by atoms with Crippen LogP contribution in [0.4, 0.5) is 5.82 Å². The zero-order valence-electron chi connectivity index (χ0n) is 20.3. The van der Waals surface area contributed by atoms with Gasteiger partial charge < -0.3 is 15.8 Å². The second-order valence-electron chi connectivity index (χ2n) is 8.39. The third-order valence-corrected chi connectivity index (χ3v) is 5.97. The molecule has 0 aliphatic carbocycles. The number of nitrogens with zero attached hydrogens (tertiary/aromatic N) is 4. The van der Waals surface area contributed by atoms with Gasteiger partial charge in [-0.2, -0.15) is 0 Å². The van der Waals surface area contributed by atoms with E-state index in [1.807, 2.05) is 61.5 Å². The minimum atomic E-state index is -0.564. The highest BCUT2D eigenvalue weighted by Gasteiger charge is 2.23. The number of hydrogen-bond donors (Lipinski definition) is 2. The number of aromatic nitrogens is 4. The molecule has 1 atom stereocenters. The van der Waals surface area contributed by atoms with Crippen molar-refractivity contribution < 1.29 is 9.53 Å². The number of para-hydroxylation sites is 1. The van der Waals surface area contributed by atoms with Crippen LogP contribution in [0, 0.1) is 11.8 Å². The molecule has 3 N–H and O–H groups in total. The lowest BCUT2D eigenvalue weighted by Gasteiger charge is -2.21. The number of nitrogen functional groups attached to an aromatic ring is 1. The molecule has 0 unspecified atom stereocenters. The molecule has 0 spiro atoms. The van der Waals surface area contributed by atoms with E-state index in [4.69, 9.17) is 10.5 Å². The SMILES string of the molecule is COCC#Cc1cccc2cc([C@@H](C)NC(=O)c3c(N)nn4cccnc34)n(-c3ccccc3)c(=O)c12. The molecular formula is C28H24N6O3. The summed E-state index contributed by atoms with van der Waals surface area (Å²) in [6.07, 6.45) is 3.24. The Morgan fingerprint density at radius 1 is 1.16 bits per heavy atom. The number of carbonyl (C=O) groups excluding carboxylic acids is 1. The Morgan fingerprint density at radius 3 is 2.76 bits per heavy atom. The first-order valence-electron chi connectivity index (χ1n) is 11.6. The van der Waals surface area contributed by atoms with Crippen molar-refractivity contribution in [2.24, 2.45) is 0 Å². The number of rotatable bonds is 5. The number of amides is 1. The molecule has 3 aromatic heterocycles. The topological polar surface area (TPSA) is 117 Å². The molecule has 9 heteroatoms. The van der Waals surface area contributed by atoms with E-state index in [2.05, 4.69) is 27.2 Å². The number of benzene rings is 2. The van der Waals surface area contributed by atoms with Crippen molar-refractivity contribution in [1.82, 2.24) is 24.5 Å². The molecule has 9 nitrogen and oxygen atoms in total. The first-order valence-corrected chi connectivity index (χ1v) is 11.6. The Balaban J connectivity index is 1.64. The number of pyridine rings is 1. The summed E-state index contributed by atoms with van der Waals surface area (Å²) in [4.78, 5) is 31.5. The van der Waals surface area contributed by atoms with Gasteiger partial charge in [-0.05, 0) is 42.6 Å². The molecule has 0 bridgehead atoms. The van der Waals surface area contributed by atoms with Crippen LogP contribution in [0.3, 0.4) is 0 Å². The molecule has 37 heavy (non-hydrogen) atoms. The molecule has 0 saturated carbocycles. The van der Waals surface area contributed by atoms with E-state index in [0.29, 0.717) is 28.0 Å². The Bertz CT molecular complexity index is 1740. The normalized spacial score (nSPS) is 11.7. The van der Waals surface area contributed by atoms with Crippen molar-refractivity contribution in [3.63, 3.8) is 0 Å². The smallest absolute Gasteiger partial charge is 0.264 e. The summed E-state index contributed by atoms with van der Waals surface area (Å²) in [5, 5.41) is 8.35. The first-order chi connectivity index (χ1) is 18.0. The Hall–Kier alpha value is -4.94. The van der Waals surface area contributed by atoms with E-state index in [0.717, 1.165) is 5.39 Å². The van der Waals surface area contributed by atoms with Crippen LogP contribution in [0.5, 0.6) is 0 Å². The highest BCUT2D eigenvalue weighted by atomic mass is 16.5. The fourth-order valence-electron chi connectivity index (χ4n) is 4.32. The van der Waals surface area contributed by atoms with Gasteiger partial charge in [-0.25, -0.2) is 9.50 Å². The van der Waals surface area contributed by atoms with Gasteiger partial charge in [0.1, 0.15) is 12.2 Å². The van der Waals surface area contributed by atoms with Crippen molar-refractivity contribution in [2.45, 2.75) is 13.0 Å². The predicted molar refractivity (Wildman–Crippen MR) is 142 cm³/mol. The molecule has 0 radical (unpaired) electrons. The quantitative estimate of drug-likeness (QED) is 0.364. The highest BCUT2D eigenvalue weighted by Crippen LogP contribution is 2.24. The largest absolute Gasteiger partial charge is 0.381 e. The number of hydrogen-bond acceptors (Lipinski definition) is 6. The summed E-state index contributed by atoms with van der Waals surface area (Å²) in [6, 6.07) is 17.8. The molecule has 0 saturated heterocycles. The number of anilines is 1. The van der Waals surface area contributed by atoms with Crippen LogP contribution in [-0.4, -0.2) is 38.8 Å². The van der Waals surface area contributed by atoms with Crippen molar-refractivity contribution in [2.75, 3.05) is 19.5 Å². The van der Waals surface area contributed by atoms with Crippen LogP contribution in [0.25, 0.3) is 22.1 Å². The average molecular weight is 493 g/mol. The average Bonchev–Trinajstić information content (AvgIpc) is 3.24. The molecular weight excluding hydrogens is 468 g/mol. The maximum atomic E-state index is 14.0. The minimum absolute atomic E-state index is 0.0710. The van der Waals surface area contributed by atoms with Gasteiger partial charge in [-0.1, -0.05) is 42.2 Å². The lowest BCUT2D eigenvalue weighted by molar-refractivity contribution is 0.0941. The van der Waals surface area contributed by atoms with Crippen molar-refractivity contribution in [1.29, 1.82) is 0 Å². The third-order valence-electron chi connectivity index (χ3n) is 5.97. The zero-order chi connectivity index (χ0) is 25.9. The molecule has 3 heterocycles. The van der Waals surface area contributed by atoms with Crippen molar-refractivity contribution in [3.8, 4) is 17.5 Å². The fourth-order valence-corrected chi connectivity index (χ4v) is 4.32. The van der Waals surface area contributed by atoms with Gasteiger partial charge in [0.25, 0.3) is 11.5 Å². The van der Waals surface area contributed by atoms with Gasteiger partial charge in [0.15, 0.2) is 11.5 Å². The van der Waals surface area contributed by atoms with Gasteiger partial charge >= 0.3 is 0 Å². The number of methoxy groups -OCH3 is 1. The van der Waals surface area contributed by atoms with E-state index >= 15 is 0 Å². The summed E-state index contributed by atoms with van der Waals surface area (Å²) in [7, 11) is 1.57. The first kappa shape index (κ1) is 23.8.